The summed E-state index contributed by atoms with van der Waals surface area (Å²) in [6, 6.07) is 9.37. The van der Waals surface area contributed by atoms with Gasteiger partial charge in [-0.2, -0.15) is 13.2 Å². The third kappa shape index (κ3) is 4.87. The summed E-state index contributed by atoms with van der Waals surface area (Å²) >= 11 is 1.82. The quantitative estimate of drug-likeness (QED) is 0.340. The summed E-state index contributed by atoms with van der Waals surface area (Å²) in [7, 11) is 0. The van der Waals surface area contributed by atoms with Gasteiger partial charge >= 0.3 is 12.1 Å². The number of fused-ring (bicyclic) bond motifs is 1. The maximum Gasteiger partial charge on any atom is 0.417 e. The second-order valence-corrected chi connectivity index (χ2v) is 9.13. The van der Waals surface area contributed by atoms with Crippen LogP contribution in [0.3, 0.4) is 0 Å². The number of nitrogens with one attached hydrogen (secondary N) is 1. The smallest absolute Gasteiger partial charge is 0.417 e. The molecule has 3 N–H and O–H groups in total. The number of hydrogen-bond donors (Lipinski definition) is 2. The Labute approximate surface area is 199 Å². The number of thiophene rings is 1. The molecule has 0 aliphatic carbocycles. The molecule has 0 bridgehead atoms. The average molecular weight is 507 g/mol. The first-order valence-corrected chi connectivity index (χ1v) is 11.6. The van der Waals surface area contributed by atoms with E-state index in [4.69, 9.17) is 10.5 Å². The van der Waals surface area contributed by atoms with Gasteiger partial charge in [-0.3, -0.25) is 14.9 Å². The van der Waals surface area contributed by atoms with Crippen molar-refractivity contribution in [2.75, 3.05) is 17.7 Å². The summed E-state index contributed by atoms with van der Waals surface area (Å²) in [5.74, 6) is -1.15. The van der Waals surface area contributed by atoms with E-state index in [1.165, 1.54) is 6.20 Å². The Balaban J connectivity index is 1.68. The summed E-state index contributed by atoms with van der Waals surface area (Å²) < 4.78 is 46.5. The minimum Gasteiger partial charge on any atom is -0.466 e. The van der Waals surface area contributed by atoms with Gasteiger partial charge in [-0.05, 0) is 13.0 Å². The van der Waals surface area contributed by atoms with Crippen molar-refractivity contribution in [3.8, 4) is 11.3 Å². The van der Waals surface area contributed by atoms with Gasteiger partial charge in [0.2, 0.25) is 0 Å². The zero-order valence-corrected chi connectivity index (χ0v) is 19.2. The predicted molar refractivity (Wildman–Crippen MR) is 125 cm³/mol. The SMILES string of the molecule is CCOC(=O)Cc1cnc(NC(=O)c2sc3nc(-c4ccccc4)cc(C(F)(F)F)c3c2N)s1. The van der Waals surface area contributed by atoms with Gasteiger partial charge in [-0.15, -0.1) is 22.7 Å². The lowest BCUT2D eigenvalue weighted by atomic mass is 10.1. The van der Waals surface area contributed by atoms with Crippen molar-refractivity contribution in [1.29, 1.82) is 0 Å². The lowest BCUT2D eigenvalue weighted by Gasteiger charge is -2.11. The lowest BCUT2D eigenvalue weighted by Crippen LogP contribution is -2.12. The van der Waals surface area contributed by atoms with Gasteiger partial charge in [0, 0.05) is 22.0 Å². The third-order valence-corrected chi connectivity index (χ3v) is 6.69. The molecule has 0 unspecified atom stereocenters. The number of aromatic nitrogens is 2. The first kappa shape index (κ1) is 23.6. The molecule has 1 amide bonds. The highest BCUT2D eigenvalue weighted by Gasteiger charge is 2.36. The number of amides is 1. The van der Waals surface area contributed by atoms with Gasteiger partial charge in [-0.25, -0.2) is 9.97 Å². The molecule has 34 heavy (non-hydrogen) atoms. The number of esters is 1. The van der Waals surface area contributed by atoms with E-state index in [2.05, 4.69) is 15.3 Å². The molecule has 0 saturated carbocycles. The maximum absolute atomic E-state index is 13.9. The molecule has 1 aromatic carbocycles. The van der Waals surface area contributed by atoms with Crippen molar-refractivity contribution in [2.24, 2.45) is 0 Å². The van der Waals surface area contributed by atoms with E-state index in [1.807, 2.05) is 0 Å². The fourth-order valence-corrected chi connectivity index (χ4v) is 5.03. The summed E-state index contributed by atoms with van der Waals surface area (Å²) in [5.41, 5.74) is 5.37. The molecule has 0 fully saturated rings. The zero-order valence-electron chi connectivity index (χ0n) is 17.6. The molecule has 0 saturated heterocycles. The molecule has 0 radical (unpaired) electrons. The number of hydrogen-bond acceptors (Lipinski definition) is 8. The van der Waals surface area contributed by atoms with Gasteiger partial charge < -0.3 is 10.5 Å². The topological polar surface area (TPSA) is 107 Å². The standard InChI is InChI=1S/C22H17F3N4O3S2/c1-2-32-15(30)8-12-10-27-21(33-12)29-19(31)18-17(26)16-13(22(23,24)25)9-14(28-20(16)34-18)11-6-4-3-5-7-11/h3-7,9-10H,2,8,26H2,1H3,(H,27,29,31). The molecule has 3 heterocycles. The summed E-state index contributed by atoms with van der Waals surface area (Å²) in [6.07, 6.45) is -3.29. The van der Waals surface area contributed by atoms with Crippen LogP contribution in [0, 0.1) is 0 Å². The number of nitrogens with two attached hydrogens (primary N) is 1. The minimum atomic E-state index is -4.70. The van der Waals surface area contributed by atoms with Crippen molar-refractivity contribution in [3.05, 3.63) is 57.9 Å². The normalized spacial score (nSPS) is 11.5. The maximum atomic E-state index is 13.9. The molecule has 0 aliphatic heterocycles. The fraction of sp³-hybridized carbons (Fsp3) is 0.182. The highest BCUT2D eigenvalue weighted by Crippen LogP contribution is 2.43. The van der Waals surface area contributed by atoms with Gasteiger partial charge in [0.15, 0.2) is 5.13 Å². The van der Waals surface area contributed by atoms with E-state index >= 15 is 0 Å². The molecule has 4 aromatic rings. The summed E-state index contributed by atoms with van der Waals surface area (Å²) in [4.78, 5) is 33.3. The number of thiazole rings is 1. The molecular weight excluding hydrogens is 489 g/mol. The Hall–Kier alpha value is -3.51. The van der Waals surface area contributed by atoms with Crippen LogP contribution < -0.4 is 11.1 Å². The number of ether oxygens (including phenoxy) is 1. The molecule has 4 rings (SSSR count). The lowest BCUT2D eigenvalue weighted by molar-refractivity contribution is -0.142. The highest BCUT2D eigenvalue weighted by atomic mass is 32.1. The number of rotatable bonds is 6. The predicted octanol–water partition coefficient (Wildman–Crippen LogP) is 5.38. The Kier molecular flexibility index (Phi) is 6.53. The number of halogens is 3. The van der Waals surface area contributed by atoms with Crippen LogP contribution in [0.5, 0.6) is 0 Å². The number of pyridine rings is 1. The van der Waals surface area contributed by atoms with Crippen LogP contribution in [0.2, 0.25) is 0 Å². The van der Waals surface area contributed by atoms with Crippen molar-refractivity contribution in [1.82, 2.24) is 9.97 Å². The van der Waals surface area contributed by atoms with Crippen LogP contribution in [0.15, 0.2) is 42.6 Å². The number of carbonyl (C=O) groups excluding carboxylic acids is 2. The largest absolute Gasteiger partial charge is 0.466 e. The number of nitrogen functional groups attached to an aromatic ring is 1. The molecule has 7 nitrogen and oxygen atoms in total. The first-order chi connectivity index (χ1) is 16.2. The fourth-order valence-electron chi connectivity index (χ4n) is 3.23. The van der Waals surface area contributed by atoms with Crippen molar-refractivity contribution >= 4 is 55.6 Å². The third-order valence-electron chi connectivity index (χ3n) is 4.68. The molecule has 176 valence electrons. The molecule has 0 aliphatic rings. The van der Waals surface area contributed by atoms with Crippen LogP contribution in [0.25, 0.3) is 21.5 Å². The molecular formula is C22H17F3N4O3S2. The number of benzene rings is 1. The van der Waals surface area contributed by atoms with E-state index < -0.39 is 23.6 Å². The van der Waals surface area contributed by atoms with E-state index in [-0.39, 0.29) is 44.6 Å². The van der Waals surface area contributed by atoms with Crippen LogP contribution in [0.1, 0.15) is 27.0 Å². The van der Waals surface area contributed by atoms with Gasteiger partial charge in [0.05, 0.1) is 30.0 Å². The zero-order chi connectivity index (χ0) is 24.5. The Bertz CT molecular complexity index is 1370. The molecule has 3 aromatic heterocycles. The molecule has 12 heteroatoms. The van der Waals surface area contributed by atoms with E-state index in [0.29, 0.717) is 10.4 Å². The van der Waals surface area contributed by atoms with E-state index in [0.717, 1.165) is 28.7 Å². The van der Waals surface area contributed by atoms with Crippen LogP contribution >= 0.6 is 22.7 Å². The van der Waals surface area contributed by atoms with Gasteiger partial charge in [-0.1, -0.05) is 30.3 Å². The number of carbonyl (C=O) groups is 2. The minimum absolute atomic E-state index is 0.00142. The second kappa shape index (κ2) is 9.39. The first-order valence-electron chi connectivity index (χ1n) is 9.94. The van der Waals surface area contributed by atoms with E-state index in [9.17, 15) is 22.8 Å². The van der Waals surface area contributed by atoms with Gasteiger partial charge in [0.1, 0.15) is 9.71 Å². The number of anilines is 2. The second-order valence-electron chi connectivity index (χ2n) is 7.01. The van der Waals surface area contributed by atoms with Crippen molar-refractivity contribution in [2.45, 2.75) is 19.5 Å². The van der Waals surface area contributed by atoms with Crippen LogP contribution in [-0.2, 0) is 22.1 Å². The van der Waals surface area contributed by atoms with Crippen molar-refractivity contribution in [3.63, 3.8) is 0 Å². The number of nitrogens with zero attached hydrogens (tertiary/aromatic N) is 2. The van der Waals surface area contributed by atoms with Crippen LogP contribution in [-0.4, -0.2) is 28.5 Å². The van der Waals surface area contributed by atoms with Crippen molar-refractivity contribution < 1.29 is 27.5 Å². The summed E-state index contributed by atoms with van der Waals surface area (Å²) in [5, 5.41) is 2.39. The Morgan fingerprint density at radius 1 is 1.18 bits per heavy atom. The molecule has 0 atom stereocenters. The Morgan fingerprint density at radius 2 is 1.91 bits per heavy atom. The monoisotopic (exact) mass is 506 g/mol. The summed E-state index contributed by atoms with van der Waals surface area (Å²) in [6.45, 7) is 1.93. The van der Waals surface area contributed by atoms with Crippen LogP contribution in [0.4, 0.5) is 24.0 Å². The molecule has 0 spiro atoms. The Morgan fingerprint density at radius 3 is 2.59 bits per heavy atom. The highest BCUT2D eigenvalue weighted by molar-refractivity contribution is 7.21. The van der Waals surface area contributed by atoms with E-state index in [1.54, 1.807) is 37.3 Å². The van der Waals surface area contributed by atoms with Gasteiger partial charge in [0.25, 0.3) is 5.91 Å². The number of alkyl halides is 3. The average Bonchev–Trinajstić information content (AvgIpc) is 3.37.